The zero-order valence-electron chi connectivity index (χ0n) is 11.9. The molecule has 7 heteroatoms. The lowest BCUT2D eigenvalue weighted by Gasteiger charge is -2.31. The third-order valence-electron chi connectivity index (χ3n) is 3.60. The molecular formula is C13H21BrN2O2S2. The van der Waals surface area contributed by atoms with Crippen LogP contribution in [0.1, 0.15) is 31.1 Å². The highest BCUT2D eigenvalue weighted by Gasteiger charge is 2.31. The number of hydrogen-bond acceptors (Lipinski definition) is 4. The van der Waals surface area contributed by atoms with Gasteiger partial charge in [-0.05, 0) is 54.7 Å². The van der Waals surface area contributed by atoms with Crippen molar-refractivity contribution in [3.63, 3.8) is 0 Å². The fourth-order valence-corrected chi connectivity index (χ4v) is 6.33. The largest absolute Gasteiger partial charge is 0.314 e. The number of nitrogens with one attached hydrogen (secondary N) is 1. The van der Waals surface area contributed by atoms with E-state index in [9.17, 15) is 8.42 Å². The molecule has 1 aromatic heterocycles. The Hall–Kier alpha value is 0.0500. The van der Waals surface area contributed by atoms with E-state index in [1.807, 2.05) is 6.92 Å². The molecular weight excluding hydrogens is 360 g/mol. The summed E-state index contributed by atoms with van der Waals surface area (Å²) in [6.45, 7) is 6.23. The lowest BCUT2D eigenvalue weighted by atomic mass is 10.1. The minimum Gasteiger partial charge on any atom is -0.314 e. The van der Waals surface area contributed by atoms with Gasteiger partial charge in [-0.2, -0.15) is 4.31 Å². The summed E-state index contributed by atoms with van der Waals surface area (Å²) in [5, 5.41) is 3.47. The number of nitrogens with zero attached hydrogens (tertiary/aromatic N) is 1. The zero-order chi connectivity index (χ0) is 14.8. The van der Waals surface area contributed by atoms with Crippen molar-refractivity contribution < 1.29 is 8.42 Å². The SMILES string of the molecule is CCCNC1CCN(S(=O)(=O)c2cc(Br)sc2C)CC1. The molecule has 0 spiro atoms. The minimum atomic E-state index is -3.33. The summed E-state index contributed by atoms with van der Waals surface area (Å²) in [5.41, 5.74) is 0. The maximum Gasteiger partial charge on any atom is 0.244 e. The second-order valence-electron chi connectivity index (χ2n) is 5.10. The van der Waals surface area contributed by atoms with Gasteiger partial charge in [0.1, 0.15) is 0 Å². The van der Waals surface area contributed by atoms with Gasteiger partial charge < -0.3 is 5.32 Å². The molecule has 2 heterocycles. The quantitative estimate of drug-likeness (QED) is 0.853. The van der Waals surface area contributed by atoms with E-state index in [4.69, 9.17) is 0 Å². The van der Waals surface area contributed by atoms with E-state index in [0.717, 1.165) is 34.5 Å². The molecule has 0 radical (unpaired) electrons. The topological polar surface area (TPSA) is 49.4 Å². The van der Waals surface area contributed by atoms with Crippen LogP contribution in [-0.2, 0) is 10.0 Å². The normalized spacial score (nSPS) is 18.6. The lowest BCUT2D eigenvalue weighted by Crippen LogP contribution is -2.45. The number of hydrogen-bond donors (Lipinski definition) is 1. The summed E-state index contributed by atoms with van der Waals surface area (Å²) in [5.74, 6) is 0. The van der Waals surface area contributed by atoms with Crippen LogP contribution in [0.3, 0.4) is 0 Å². The Kier molecular flexibility index (Phi) is 5.64. The Morgan fingerprint density at radius 3 is 2.60 bits per heavy atom. The standard InChI is InChI=1S/C13H21BrN2O2S2/c1-3-6-15-11-4-7-16(8-5-11)20(17,18)12-9-13(14)19-10(12)2/h9,11,15H,3-8H2,1-2H3. The molecule has 1 aliphatic heterocycles. The van der Waals surface area contributed by atoms with Crippen LogP contribution in [0.25, 0.3) is 0 Å². The molecule has 0 bridgehead atoms. The number of piperidine rings is 1. The van der Waals surface area contributed by atoms with Crippen molar-refractivity contribution in [2.45, 2.75) is 44.0 Å². The van der Waals surface area contributed by atoms with Crippen molar-refractivity contribution in [2.75, 3.05) is 19.6 Å². The van der Waals surface area contributed by atoms with Crippen molar-refractivity contribution in [2.24, 2.45) is 0 Å². The first-order valence-electron chi connectivity index (χ1n) is 6.94. The second kappa shape index (κ2) is 6.87. The van der Waals surface area contributed by atoms with Crippen molar-refractivity contribution in [1.82, 2.24) is 9.62 Å². The Balaban J connectivity index is 2.04. The van der Waals surface area contributed by atoms with Crippen LogP contribution < -0.4 is 5.32 Å². The molecule has 2 rings (SSSR count). The van der Waals surface area contributed by atoms with Crippen LogP contribution in [-0.4, -0.2) is 38.4 Å². The number of rotatable bonds is 5. The molecule has 114 valence electrons. The first-order valence-corrected chi connectivity index (χ1v) is 9.99. The molecule has 0 aliphatic carbocycles. The number of aryl methyl sites for hydroxylation is 1. The molecule has 0 atom stereocenters. The highest BCUT2D eigenvalue weighted by molar-refractivity contribution is 9.11. The highest BCUT2D eigenvalue weighted by atomic mass is 79.9. The van der Waals surface area contributed by atoms with E-state index in [0.29, 0.717) is 24.0 Å². The van der Waals surface area contributed by atoms with Crippen LogP contribution in [0.5, 0.6) is 0 Å². The molecule has 1 N–H and O–H groups in total. The molecule has 0 saturated carbocycles. The smallest absolute Gasteiger partial charge is 0.244 e. The number of thiophene rings is 1. The molecule has 1 fully saturated rings. The van der Waals surface area contributed by atoms with Gasteiger partial charge in [-0.3, -0.25) is 0 Å². The molecule has 0 amide bonds. The third-order valence-corrected chi connectivity index (χ3v) is 7.30. The lowest BCUT2D eigenvalue weighted by molar-refractivity contribution is 0.290. The predicted octanol–water partition coefficient (Wildman–Crippen LogP) is 2.97. The number of halogens is 1. The van der Waals surface area contributed by atoms with Crippen molar-refractivity contribution in [3.8, 4) is 0 Å². The fraction of sp³-hybridized carbons (Fsp3) is 0.692. The summed E-state index contributed by atoms with van der Waals surface area (Å²) < 4.78 is 27.8. The van der Waals surface area contributed by atoms with Crippen molar-refractivity contribution >= 4 is 37.3 Å². The van der Waals surface area contributed by atoms with E-state index >= 15 is 0 Å². The summed E-state index contributed by atoms with van der Waals surface area (Å²) in [6, 6.07) is 2.17. The van der Waals surface area contributed by atoms with Gasteiger partial charge in [0.25, 0.3) is 0 Å². The van der Waals surface area contributed by atoms with E-state index in [2.05, 4.69) is 28.2 Å². The van der Waals surface area contributed by atoms with E-state index < -0.39 is 10.0 Å². The summed E-state index contributed by atoms with van der Waals surface area (Å²) in [4.78, 5) is 1.30. The van der Waals surface area contributed by atoms with Gasteiger partial charge in [0.2, 0.25) is 10.0 Å². The first-order chi connectivity index (χ1) is 9.45. The molecule has 20 heavy (non-hydrogen) atoms. The van der Waals surface area contributed by atoms with Crippen molar-refractivity contribution in [1.29, 1.82) is 0 Å². The average Bonchev–Trinajstić information content (AvgIpc) is 2.76. The molecule has 4 nitrogen and oxygen atoms in total. The molecule has 1 aromatic rings. The molecule has 1 aliphatic rings. The van der Waals surface area contributed by atoms with Crippen LogP contribution >= 0.6 is 27.3 Å². The number of sulfonamides is 1. The van der Waals surface area contributed by atoms with Gasteiger partial charge in [-0.1, -0.05) is 6.92 Å². The van der Waals surface area contributed by atoms with Crippen molar-refractivity contribution in [3.05, 3.63) is 14.7 Å². The second-order valence-corrected chi connectivity index (χ2v) is 9.65. The summed E-state index contributed by atoms with van der Waals surface area (Å²) in [6.07, 6.45) is 2.90. The Morgan fingerprint density at radius 2 is 2.10 bits per heavy atom. The van der Waals surface area contributed by atoms with Gasteiger partial charge in [0.05, 0.1) is 8.68 Å². The van der Waals surface area contributed by atoms with E-state index in [-0.39, 0.29) is 0 Å². The van der Waals surface area contributed by atoms with Gasteiger partial charge in [-0.15, -0.1) is 11.3 Å². The predicted molar refractivity (Wildman–Crippen MR) is 86.8 cm³/mol. The van der Waals surface area contributed by atoms with E-state index in [1.54, 1.807) is 10.4 Å². The van der Waals surface area contributed by atoms with E-state index in [1.165, 1.54) is 11.3 Å². The maximum atomic E-state index is 12.6. The van der Waals surface area contributed by atoms with Crippen LogP contribution in [0.2, 0.25) is 0 Å². The summed E-state index contributed by atoms with van der Waals surface area (Å²) >= 11 is 4.83. The third kappa shape index (κ3) is 3.62. The molecule has 0 aromatic carbocycles. The Bertz CT molecular complexity index is 549. The van der Waals surface area contributed by atoms with Gasteiger partial charge in [0.15, 0.2) is 0 Å². The minimum absolute atomic E-state index is 0.453. The first kappa shape index (κ1) is 16.4. The Morgan fingerprint density at radius 1 is 1.45 bits per heavy atom. The molecule has 0 unspecified atom stereocenters. The zero-order valence-corrected chi connectivity index (χ0v) is 15.1. The average molecular weight is 381 g/mol. The maximum absolute atomic E-state index is 12.6. The van der Waals surface area contributed by atoms with Crippen LogP contribution in [0.4, 0.5) is 0 Å². The fourth-order valence-electron chi connectivity index (χ4n) is 2.47. The van der Waals surface area contributed by atoms with Gasteiger partial charge >= 0.3 is 0 Å². The molecule has 1 saturated heterocycles. The van der Waals surface area contributed by atoms with Crippen LogP contribution in [0, 0.1) is 6.92 Å². The van der Waals surface area contributed by atoms with Gasteiger partial charge in [0, 0.05) is 24.0 Å². The van der Waals surface area contributed by atoms with Crippen LogP contribution in [0.15, 0.2) is 14.7 Å². The summed E-state index contributed by atoms with van der Waals surface area (Å²) in [7, 11) is -3.33. The monoisotopic (exact) mass is 380 g/mol. The Labute approximate surface area is 133 Å². The van der Waals surface area contributed by atoms with Gasteiger partial charge in [-0.25, -0.2) is 8.42 Å². The highest BCUT2D eigenvalue weighted by Crippen LogP contribution is 2.32.